The molecule has 0 aliphatic rings. The fraction of sp³-hybridized carbons (Fsp3) is 0.250. The van der Waals surface area contributed by atoms with Gasteiger partial charge in [-0.25, -0.2) is 0 Å². The lowest BCUT2D eigenvalue weighted by Crippen LogP contribution is -2.13. The molecule has 0 radical (unpaired) electrons. The Morgan fingerprint density at radius 3 is 2.59 bits per heavy atom. The van der Waals surface area contributed by atoms with E-state index >= 15 is 0 Å². The average Bonchev–Trinajstić information content (AvgIpc) is 2.99. The number of oxazole rings is 1. The summed E-state index contributed by atoms with van der Waals surface area (Å²) in [5.74, 6) is 0.172. The largest absolute Gasteiger partial charge is 0.420 e. The first-order valence-electron chi connectivity index (χ1n) is 6.10. The van der Waals surface area contributed by atoms with Gasteiger partial charge in [0.2, 0.25) is 17.2 Å². The molecule has 2 aromatic rings. The van der Waals surface area contributed by atoms with Crippen molar-refractivity contribution in [3.8, 4) is 11.5 Å². The van der Waals surface area contributed by atoms with Gasteiger partial charge >= 0.3 is 7.60 Å². The van der Waals surface area contributed by atoms with Crippen LogP contribution in [0.2, 0.25) is 0 Å². The van der Waals surface area contributed by atoms with Gasteiger partial charge in [0.25, 0.3) is 5.69 Å². The molecule has 118 valence electrons. The summed E-state index contributed by atoms with van der Waals surface area (Å²) in [4.78, 5) is 14.4. The molecule has 22 heavy (non-hydrogen) atoms. The summed E-state index contributed by atoms with van der Waals surface area (Å²) >= 11 is 0. The number of non-ortho nitro benzene ring substituents is 1. The third kappa shape index (κ3) is 2.87. The normalized spacial score (nSPS) is 11.4. The second-order valence-electron chi connectivity index (χ2n) is 4.09. The Morgan fingerprint density at radius 1 is 1.36 bits per heavy atom. The number of hydrogen-bond acceptors (Lipinski definition) is 8. The number of nitrogens with zero attached hydrogens (tertiary/aromatic N) is 2. The van der Waals surface area contributed by atoms with E-state index in [9.17, 15) is 14.7 Å². The lowest BCUT2D eigenvalue weighted by molar-refractivity contribution is -0.384. The predicted octanol–water partition coefficient (Wildman–Crippen LogP) is 2.40. The van der Waals surface area contributed by atoms with Gasteiger partial charge in [-0.05, 0) is 6.07 Å². The Bertz CT molecular complexity index is 736. The molecule has 0 unspecified atom stereocenters. The third-order valence-electron chi connectivity index (χ3n) is 2.88. The first-order valence-corrected chi connectivity index (χ1v) is 7.65. The monoisotopic (exact) mass is 327 g/mol. The SMILES string of the molecule is CNc1oc(-c2cccc([N+](=O)[O-])c2)nc1P(=O)(OC)OC. The molecule has 1 aromatic heterocycles. The number of benzene rings is 1. The summed E-state index contributed by atoms with van der Waals surface area (Å²) in [5, 5.41) is 13.5. The minimum absolute atomic E-state index is 0.0264. The van der Waals surface area contributed by atoms with Crippen molar-refractivity contribution in [3.05, 3.63) is 34.4 Å². The highest BCUT2D eigenvalue weighted by Gasteiger charge is 2.34. The molecule has 0 aliphatic carbocycles. The van der Waals surface area contributed by atoms with E-state index < -0.39 is 12.5 Å². The van der Waals surface area contributed by atoms with Crippen molar-refractivity contribution >= 4 is 24.6 Å². The first-order chi connectivity index (χ1) is 10.4. The molecule has 1 aromatic carbocycles. The summed E-state index contributed by atoms with van der Waals surface area (Å²) in [6.45, 7) is 0. The van der Waals surface area contributed by atoms with Gasteiger partial charge in [0, 0.05) is 39.0 Å². The molecule has 0 fully saturated rings. The smallest absolute Gasteiger partial charge is 0.384 e. The van der Waals surface area contributed by atoms with Crippen LogP contribution >= 0.6 is 7.60 Å². The Hall–Kier alpha value is -2.22. The van der Waals surface area contributed by atoms with E-state index in [1.54, 1.807) is 13.1 Å². The minimum atomic E-state index is -3.62. The molecule has 0 saturated carbocycles. The van der Waals surface area contributed by atoms with Crippen LogP contribution in [-0.4, -0.2) is 31.2 Å². The molecule has 0 saturated heterocycles. The second kappa shape index (κ2) is 6.27. The van der Waals surface area contributed by atoms with E-state index in [2.05, 4.69) is 10.3 Å². The Kier molecular flexibility index (Phi) is 4.60. The van der Waals surface area contributed by atoms with Crippen molar-refractivity contribution < 1.29 is 23.0 Å². The van der Waals surface area contributed by atoms with Crippen LogP contribution in [0.3, 0.4) is 0 Å². The van der Waals surface area contributed by atoms with E-state index in [0.717, 1.165) is 0 Å². The molecule has 0 bridgehead atoms. The van der Waals surface area contributed by atoms with Crippen LogP contribution in [0.5, 0.6) is 0 Å². The molecule has 2 rings (SSSR count). The van der Waals surface area contributed by atoms with Crippen molar-refractivity contribution in [1.82, 2.24) is 4.98 Å². The Balaban J connectivity index is 2.55. The summed E-state index contributed by atoms with van der Waals surface area (Å²) in [7, 11) is 0.388. The molecule has 1 N–H and O–H groups in total. The van der Waals surface area contributed by atoms with Gasteiger partial charge in [-0.3, -0.25) is 14.7 Å². The van der Waals surface area contributed by atoms with Gasteiger partial charge in [0.15, 0.2) is 0 Å². The number of rotatable bonds is 6. The van der Waals surface area contributed by atoms with Crippen molar-refractivity contribution in [2.24, 2.45) is 0 Å². The van der Waals surface area contributed by atoms with E-state index in [-0.39, 0.29) is 22.9 Å². The van der Waals surface area contributed by atoms with Gasteiger partial charge in [0.05, 0.1) is 4.92 Å². The van der Waals surface area contributed by atoms with Crippen LogP contribution in [0.25, 0.3) is 11.5 Å². The molecular formula is C12H14N3O6P. The standard InChI is InChI=1S/C12H14N3O6P/c1-13-11-12(22(18,19-2)20-3)14-10(21-11)8-5-4-6-9(7-8)15(16)17/h4-7,13H,1-3H3. The minimum Gasteiger partial charge on any atom is -0.420 e. The van der Waals surface area contributed by atoms with Crippen molar-refractivity contribution in [3.63, 3.8) is 0 Å². The van der Waals surface area contributed by atoms with E-state index in [1.165, 1.54) is 32.4 Å². The molecule has 10 heteroatoms. The number of nitro groups is 1. The van der Waals surface area contributed by atoms with E-state index in [1.807, 2.05) is 0 Å². The van der Waals surface area contributed by atoms with Crippen molar-refractivity contribution in [2.45, 2.75) is 0 Å². The zero-order valence-corrected chi connectivity index (χ0v) is 13.0. The highest BCUT2D eigenvalue weighted by molar-refractivity contribution is 7.62. The maximum absolute atomic E-state index is 12.4. The van der Waals surface area contributed by atoms with Crippen LogP contribution < -0.4 is 10.8 Å². The molecular weight excluding hydrogens is 313 g/mol. The highest BCUT2D eigenvalue weighted by atomic mass is 31.2. The van der Waals surface area contributed by atoms with Crippen molar-refractivity contribution in [1.29, 1.82) is 0 Å². The molecule has 0 aliphatic heterocycles. The quantitative estimate of drug-likeness (QED) is 0.488. The average molecular weight is 327 g/mol. The van der Waals surface area contributed by atoms with Crippen LogP contribution in [0.15, 0.2) is 28.7 Å². The third-order valence-corrected chi connectivity index (χ3v) is 4.66. The topological polar surface area (TPSA) is 117 Å². The Morgan fingerprint density at radius 2 is 2.05 bits per heavy atom. The lowest BCUT2D eigenvalue weighted by atomic mass is 10.2. The predicted molar refractivity (Wildman–Crippen MR) is 79.4 cm³/mol. The molecule has 0 amide bonds. The van der Waals surface area contributed by atoms with Crippen LogP contribution in [-0.2, 0) is 13.6 Å². The number of nitrogens with one attached hydrogen (secondary N) is 1. The van der Waals surface area contributed by atoms with Crippen LogP contribution in [0, 0.1) is 10.1 Å². The molecule has 0 spiro atoms. The first kappa shape index (κ1) is 16.2. The van der Waals surface area contributed by atoms with Crippen LogP contribution in [0.4, 0.5) is 11.6 Å². The fourth-order valence-electron chi connectivity index (χ4n) is 1.78. The summed E-state index contributed by atoms with van der Waals surface area (Å²) in [6, 6.07) is 5.75. The maximum Gasteiger partial charge on any atom is 0.384 e. The Labute approximate surface area is 125 Å². The van der Waals surface area contributed by atoms with Crippen molar-refractivity contribution in [2.75, 3.05) is 26.6 Å². The lowest BCUT2D eigenvalue weighted by Gasteiger charge is -2.10. The van der Waals surface area contributed by atoms with Gasteiger partial charge in [-0.2, -0.15) is 4.98 Å². The maximum atomic E-state index is 12.4. The number of aromatic nitrogens is 1. The zero-order valence-electron chi connectivity index (χ0n) is 12.1. The molecule has 1 heterocycles. The second-order valence-corrected chi connectivity index (χ2v) is 6.24. The van der Waals surface area contributed by atoms with Gasteiger partial charge < -0.3 is 18.8 Å². The number of nitro benzene ring substituents is 1. The van der Waals surface area contributed by atoms with E-state index in [4.69, 9.17) is 13.5 Å². The highest BCUT2D eigenvalue weighted by Crippen LogP contribution is 2.47. The zero-order chi connectivity index (χ0) is 16.3. The molecule has 9 nitrogen and oxygen atoms in total. The summed E-state index contributed by atoms with van der Waals surface area (Å²) in [5.41, 5.74) is 0.238. The number of anilines is 1. The van der Waals surface area contributed by atoms with E-state index in [0.29, 0.717) is 5.56 Å². The summed E-state index contributed by atoms with van der Waals surface area (Å²) in [6.07, 6.45) is 0. The van der Waals surface area contributed by atoms with Crippen LogP contribution in [0.1, 0.15) is 0 Å². The number of hydrogen-bond donors (Lipinski definition) is 1. The molecule has 0 atom stereocenters. The summed E-state index contributed by atoms with van der Waals surface area (Å²) < 4.78 is 27.7. The van der Waals surface area contributed by atoms with Gasteiger partial charge in [0.1, 0.15) is 0 Å². The van der Waals surface area contributed by atoms with Gasteiger partial charge in [-0.15, -0.1) is 0 Å². The van der Waals surface area contributed by atoms with Gasteiger partial charge in [-0.1, -0.05) is 6.07 Å². The fourth-order valence-corrected chi connectivity index (χ4v) is 2.90.